The van der Waals surface area contributed by atoms with Crippen molar-refractivity contribution in [2.75, 3.05) is 18.1 Å². The monoisotopic (exact) mass is 178 g/mol. The smallest absolute Gasteiger partial charge is 0.102 e. The molecule has 1 fully saturated rings. The Bertz CT molecular complexity index is 87.6. The van der Waals surface area contributed by atoms with Gasteiger partial charge in [0.05, 0.1) is 11.2 Å². The van der Waals surface area contributed by atoms with Crippen LogP contribution in [-0.4, -0.2) is 28.8 Å². The van der Waals surface area contributed by atoms with Gasteiger partial charge in [0.15, 0.2) is 0 Å². The molecule has 0 aliphatic carbocycles. The molecule has 1 rings (SSSR count). The summed E-state index contributed by atoms with van der Waals surface area (Å²) in [4.78, 5) is 0. The number of epoxide rings is 1. The van der Waals surface area contributed by atoms with Crippen LogP contribution in [0.25, 0.3) is 0 Å². The molecular weight excluding hydrogens is 164 g/mol. The molecule has 0 N–H and O–H groups in total. The van der Waals surface area contributed by atoms with Crippen molar-refractivity contribution in [1.29, 1.82) is 0 Å². The van der Waals surface area contributed by atoms with Crippen molar-refractivity contribution in [3.8, 4) is 0 Å². The summed E-state index contributed by atoms with van der Waals surface area (Å²) >= 11 is 4.02. The standard InChI is InChI=1S/C7H14OS2/c1-3-9-7(10-4-2)6-5-8-6/h6-7H,3-5H2,1-2H3/t6-/m1/s1. The first kappa shape index (κ1) is 8.75. The largest absolute Gasteiger partial charge is 0.371 e. The molecule has 0 bridgehead atoms. The molecule has 1 atom stereocenters. The highest BCUT2D eigenvalue weighted by Gasteiger charge is 2.32. The van der Waals surface area contributed by atoms with E-state index in [1.165, 1.54) is 11.5 Å². The van der Waals surface area contributed by atoms with E-state index >= 15 is 0 Å². The van der Waals surface area contributed by atoms with E-state index in [0.29, 0.717) is 10.7 Å². The van der Waals surface area contributed by atoms with Gasteiger partial charge in [0.1, 0.15) is 6.10 Å². The van der Waals surface area contributed by atoms with Gasteiger partial charge < -0.3 is 4.74 Å². The van der Waals surface area contributed by atoms with E-state index in [1.54, 1.807) is 0 Å². The molecule has 10 heavy (non-hydrogen) atoms. The first-order valence-corrected chi connectivity index (χ1v) is 5.83. The molecule has 0 amide bonds. The van der Waals surface area contributed by atoms with Gasteiger partial charge >= 0.3 is 0 Å². The van der Waals surface area contributed by atoms with Crippen LogP contribution in [0.4, 0.5) is 0 Å². The molecular formula is C7H14OS2. The minimum absolute atomic E-state index is 0.565. The molecule has 1 aliphatic heterocycles. The summed E-state index contributed by atoms with van der Waals surface area (Å²) < 4.78 is 5.94. The maximum absolute atomic E-state index is 5.23. The van der Waals surface area contributed by atoms with Crippen molar-refractivity contribution in [1.82, 2.24) is 0 Å². The molecule has 3 heteroatoms. The van der Waals surface area contributed by atoms with Crippen LogP contribution in [0.5, 0.6) is 0 Å². The molecule has 0 unspecified atom stereocenters. The van der Waals surface area contributed by atoms with E-state index in [0.717, 1.165) is 6.61 Å². The molecule has 0 aromatic carbocycles. The fourth-order valence-corrected chi connectivity index (χ4v) is 3.41. The average Bonchev–Trinajstić information content (AvgIpc) is 2.69. The Morgan fingerprint density at radius 1 is 1.40 bits per heavy atom. The minimum Gasteiger partial charge on any atom is -0.371 e. The van der Waals surface area contributed by atoms with E-state index in [1.807, 2.05) is 23.5 Å². The molecule has 60 valence electrons. The van der Waals surface area contributed by atoms with Gasteiger partial charge in [0.25, 0.3) is 0 Å². The predicted octanol–water partition coefficient (Wildman–Crippen LogP) is 2.22. The fraction of sp³-hybridized carbons (Fsp3) is 1.00. The molecule has 0 spiro atoms. The second-order valence-electron chi connectivity index (χ2n) is 2.15. The molecule has 1 nitrogen and oxygen atoms in total. The zero-order valence-electron chi connectivity index (χ0n) is 6.50. The number of rotatable bonds is 5. The third-order valence-electron chi connectivity index (χ3n) is 1.32. The summed E-state index contributed by atoms with van der Waals surface area (Å²) in [6, 6.07) is 0. The van der Waals surface area contributed by atoms with Gasteiger partial charge in [-0.05, 0) is 11.5 Å². The van der Waals surface area contributed by atoms with Gasteiger partial charge in [-0.25, -0.2) is 0 Å². The SMILES string of the molecule is CCSC(SCC)[C@H]1CO1. The lowest BCUT2D eigenvalue weighted by Gasteiger charge is -2.09. The maximum Gasteiger partial charge on any atom is 0.102 e. The van der Waals surface area contributed by atoms with Crippen molar-refractivity contribution in [2.45, 2.75) is 24.5 Å². The summed E-state index contributed by atoms with van der Waals surface area (Å²) in [6.07, 6.45) is 0.565. The summed E-state index contributed by atoms with van der Waals surface area (Å²) in [7, 11) is 0. The maximum atomic E-state index is 5.23. The number of ether oxygens (including phenoxy) is 1. The number of hydrogen-bond acceptors (Lipinski definition) is 3. The molecule has 0 radical (unpaired) electrons. The van der Waals surface area contributed by atoms with Crippen LogP contribution in [0.15, 0.2) is 0 Å². The van der Waals surface area contributed by atoms with Gasteiger partial charge in [-0.2, -0.15) is 0 Å². The van der Waals surface area contributed by atoms with E-state index in [4.69, 9.17) is 4.74 Å². The van der Waals surface area contributed by atoms with E-state index in [2.05, 4.69) is 13.8 Å². The second kappa shape index (κ2) is 4.52. The zero-order chi connectivity index (χ0) is 7.40. The highest BCUT2D eigenvalue weighted by molar-refractivity contribution is 8.17. The van der Waals surface area contributed by atoms with Gasteiger partial charge in [-0.15, -0.1) is 23.5 Å². The van der Waals surface area contributed by atoms with Crippen LogP contribution in [0.3, 0.4) is 0 Å². The van der Waals surface area contributed by atoms with Gasteiger partial charge in [-0.3, -0.25) is 0 Å². The predicted molar refractivity (Wildman–Crippen MR) is 49.8 cm³/mol. The van der Waals surface area contributed by atoms with Crippen molar-refractivity contribution in [3.05, 3.63) is 0 Å². The molecule has 1 saturated heterocycles. The first-order valence-electron chi connectivity index (χ1n) is 3.73. The van der Waals surface area contributed by atoms with E-state index < -0.39 is 0 Å². The third-order valence-corrected chi connectivity index (χ3v) is 4.07. The molecule has 0 saturated carbocycles. The van der Waals surface area contributed by atoms with Crippen LogP contribution in [-0.2, 0) is 4.74 Å². The van der Waals surface area contributed by atoms with Gasteiger partial charge in [0, 0.05) is 0 Å². The van der Waals surface area contributed by atoms with Crippen molar-refractivity contribution < 1.29 is 4.74 Å². The van der Waals surface area contributed by atoms with Crippen LogP contribution in [0.1, 0.15) is 13.8 Å². The lowest BCUT2D eigenvalue weighted by Crippen LogP contribution is -2.06. The Kier molecular flexibility index (Phi) is 3.96. The van der Waals surface area contributed by atoms with Crippen LogP contribution in [0.2, 0.25) is 0 Å². The Morgan fingerprint density at radius 3 is 2.20 bits per heavy atom. The topological polar surface area (TPSA) is 12.5 Å². The zero-order valence-corrected chi connectivity index (χ0v) is 8.13. The Labute approximate surface area is 71.3 Å². The first-order chi connectivity index (χ1) is 4.88. The summed E-state index contributed by atoms with van der Waals surface area (Å²) in [5, 5.41) is 0. The lowest BCUT2D eigenvalue weighted by molar-refractivity contribution is 0.421. The quantitative estimate of drug-likeness (QED) is 0.473. The van der Waals surface area contributed by atoms with Crippen molar-refractivity contribution in [3.63, 3.8) is 0 Å². The van der Waals surface area contributed by atoms with Crippen LogP contribution in [0, 0.1) is 0 Å². The molecule has 0 aromatic rings. The molecule has 1 heterocycles. The Morgan fingerprint density at radius 2 is 1.90 bits per heavy atom. The second-order valence-corrected chi connectivity index (χ2v) is 5.29. The summed E-state index contributed by atoms with van der Waals surface area (Å²) in [6.45, 7) is 5.40. The third kappa shape index (κ3) is 2.72. The van der Waals surface area contributed by atoms with Crippen molar-refractivity contribution in [2.24, 2.45) is 0 Å². The van der Waals surface area contributed by atoms with E-state index in [9.17, 15) is 0 Å². The van der Waals surface area contributed by atoms with Crippen LogP contribution < -0.4 is 0 Å². The number of thioether (sulfide) groups is 2. The van der Waals surface area contributed by atoms with Crippen molar-refractivity contribution >= 4 is 23.5 Å². The van der Waals surface area contributed by atoms with E-state index in [-0.39, 0.29) is 0 Å². The van der Waals surface area contributed by atoms with Crippen LogP contribution >= 0.6 is 23.5 Å². The summed E-state index contributed by atoms with van der Waals surface area (Å²) in [5.41, 5.74) is 0. The molecule has 0 aromatic heterocycles. The molecule has 1 aliphatic rings. The average molecular weight is 178 g/mol. The Hall–Kier alpha value is 0.660. The fourth-order valence-electron chi connectivity index (χ4n) is 0.804. The lowest BCUT2D eigenvalue weighted by atomic mass is 10.6. The normalized spacial score (nSPS) is 23.7. The number of hydrogen-bond donors (Lipinski definition) is 0. The highest BCUT2D eigenvalue weighted by atomic mass is 32.2. The van der Waals surface area contributed by atoms with Gasteiger partial charge in [-0.1, -0.05) is 13.8 Å². The Balaban J connectivity index is 2.13. The van der Waals surface area contributed by atoms with Gasteiger partial charge in [0.2, 0.25) is 0 Å². The minimum atomic E-state index is 0.565. The highest BCUT2D eigenvalue weighted by Crippen LogP contribution is 2.33. The summed E-state index contributed by atoms with van der Waals surface area (Å²) in [5.74, 6) is 2.41.